The second-order valence-electron chi connectivity index (χ2n) is 4.14. The molecule has 2 N–H and O–H groups in total. The van der Waals surface area contributed by atoms with Crippen molar-refractivity contribution < 1.29 is 9.18 Å². The van der Waals surface area contributed by atoms with Crippen molar-refractivity contribution in [2.45, 2.75) is 18.9 Å². The van der Waals surface area contributed by atoms with Crippen LogP contribution in [-0.2, 0) is 0 Å². The van der Waals surface area contributed by atoms with Crippen LogP contribution in [0.4, 0.5) is 4.39 Å². The van der Waals surface area contributed by atoms with E-state index in [1.165, 1.54) is 18.2 Å². The van der Waals surface area contributed by atoms with E-state index in [0.29, 0.717) is 9.13 Å². The molecule has 0 aromatic heterocycles. The highest BCUT2D eigenvalue weighted by atomic mass is 127. The molecule has 1 fully saturated rings. The number of rotatable bonds is 2. The van der Waals surface area contributed by atoms with Gasteiger partial charge in [-0.3, -0.25) is 4.79 Å². The van der Waals surface area contributed by atoms with Gasteiger partial charge in [0.15, 0.2) is 0 Å². The summed E-state index contributed by atoms with van der Waals surface area (Å²) in [5, 5.41) is 6.21. The molecule has 2 rings (SSSR count). The van der Waals surface area contributed by atoms with Crippen molar-refractivity contribution in [2.24, 2.45) is 0 Å². The Morgan fingerprint density at radius 2 is 2.28 bits per heavy atom. The van der Waals surface area contributed by atoms with Gasteiger partial charge >= 0.3 is 0 Å². The molecule has 1 aromatic rings. The highest BCUT2D eigenvalue weighted by Crippen LogP contribution is 2.14. The molecule has 0 bridgehead atoms. The number of nitrogens with one attached hydrogen (secondary N) is 2. The van der Waals surface area contributed by atoms with Crippen molar-refractivity contribution in [2.75, 3.05) is 13.1 Å². The molecule has 1 aromatic carbocycles. The van der Waals surface area contributed by atoms with Gasteiger partial charge in [0, 0.05) is 16.2 Å². The SMILES string of the molecule is Cl.O=C(N[C@@H]1CCCNC1)c1ccc(F)cc1I. The van der Waals surface area contributed by atoms with Crippen molar-refractivity contribution >= 4 is 40.9 Å². The fourth-order valence-electron chi connectivity index (χ4n) is 1.91. The highest BCUT2D eigenvalue weighted by molar-refractivity contribution is 14.1. The first kappa shape index (κ1) is 15.7. The summed E-state index contributed by atoms with van der Waals surface area (Å²) in [5.74, 6) is -0.437. The predicted molar refractivity (Wildman–Crippen MR) is 79.7 cm³/mol. The Hall–Kier alpha value is -0.400. The second kappa shape index (κ2) is 7.25. The maximum Gasteiger partial charge on any atom is 0.252 e. The summed E-state index contributed by atoms with van der Waals surface area (Å²) in [6, 6.07) is 4.39. The molecule has 0 saturated carbocycles. The topological polar surface area (TPSA) is 41.1 Å². The average molecular weight is 385 g/mol. The molecular formula is C12H15ClFIN2O. The predicted octanol–water partition coefficient (Wildman–Crippen LogP) is 2.33. The van der Waals surface area contributed by atoms with Crippen LogP contribution in [0.3, 0.4) is 0 Å². The first-order valence-corrected chi connectivity index (χ1v) is 6.71. The van der Waals surface area contributed by atoms with Gasteiger partial charge in [0.25, 0.3) is 5.91 Å². The van der Waals surface area contributed by atoms with E-state index < -0.39 is 0 Å². The van der Waals surface area contributed by atoms with Gasteiger partial charge in [0.05, 0.1) is 5.56 Å². The Bertz CT molecular complexity index is 425. The zero-order valence-electron chi connectivity index (χ0n) is 9.71. The molecule has 100 valence electrons. The first-order valence-electron chi connectivity index (χ1n) is 5.63. The van der Waals surface area contributed by atoms with Gasteiger partial charge in [0.1, 0.15) is 5.82 Å². The van der Waals surface area contributed by atoms with E-state index in [-0.39, 0.29) is 30.2 Å². The Labute approximate surface area is 125 Å². The van der Waals surface area contributed by atoms with Gasteiger partial charge in [0.2, 0.25) is 0 Å². The van der Waals surface area contributed by atoms with Crippen LogP contribution >= 0.6 is 35.0 Å². The molecule has 1 aliphatic heterocycles. The molecule has 1 saturated heterocycles. The first-order chi connectivity index (χ1) is 8.16. The van der Waals surface area contributed by atoms with Crippen molar-refractivity contribution in [3.63, 3.8) is 0 Å². The number of piperidine rings is 1. The minimum absolute atomic E-state index is 0. The summed E-state index contributed by atoms with van der Waals surface area (Å²) < 4.78 is 13.6. The molecule has 0 radical (unpaired) electrons. The molecule has 1 heterocycles. The summed E-state index contributed by atoms with van der Waals surface area (Å²) in [5.41, 5.74) is 0.539. The summed E-state index contributed by atoms with van der Waals surface area (Å²) in [6.45, 7) is 1.82. The average Bonchev–Trinajstić information content (AvgIpc) is 2.30. The molecule has 1 atom stereocenters. The molecule has 0 unspecified atom stereocenters. The van der Waals surface area contributed by atoms with Crippen LogP contribution in [-0.4, -0.2) is 25.0 Å². The van der Waals surface area contributed by atoms with Crippen LogP contribution in [0, 0.1) is 9.39 Å². The molecule has 18 heavy (non-hydrogen) atoms. The molecule has 3 nitrogen and oxygen atoms in total. The minimum Gasteiger partial charge on any atom is -0.348 e. The second-order valence-corrected chi connectivity index (χ2v) is 5.30. The minimum atomic E-state index is -0.315. The molecule has 0 aliphatic carbocycles. The van der Waals surface area contributed by atoms with E-state index in [1.54, 1.807) is 0 Å². The van der Waals surface area contributed by atoms with Crippen molar-refractivity contribution in [1.29, 1.82) is 0 Å². The third-order valence-electron chi connectivity index (χ3n) is 2.81. The number of benzene rings is 1. The number of carbonyl (C=O) groups is 1. The van der Waals surface area contributed by atoms with Crippen LogP contribution in [0.5, 0.6) is 0 Å². The van der Waals surface area contributed by atoms with Crippen LogP contribution in [0.1, 0.15) is 23.2 Å². The lowest BCUT2D eigenvalue weighted by molar-refractivity contribution is 0.0929. The normalized spacial score (nSPS) is 18.9. The van der Waals surface area contributed by atoms with Gasteiger partial charge < -0.3 is 10.6 Å². The van der Waals surface area contributed by atoms with Crippen LogP contribution < -0.4 is 10.6 Å². The van der Waals surface area contributed by atoms with Crippen LogP contribution in [0.25, 0.3) is 0 Å². The summed E-state index contributed by atoms with van der Waals surface area (Å²) in [7, 11) is 0. The number of hydrogen-bond acceptors (Lipinski definition) is 2. The number of hydrogen-bond donors (Lipinski definition) is 2. The standard InChI is InChI=1S/C12H14FIN2O.ClH/c13-8-3-4-10(11(14)6-8)12(17)16-9-2-1-5-15-7-9;/h3-4,6,9,15H,1-2,5,7H2,(H,16,17);1H/t9-;/m1./s1. The lowest BCUT2D eigenvalue weighted by atomic mass is 10.1. The molecular weight excluding hydrogens is 369 g/mol. The van der Waals surface area contributed by atoms with Gasteiger partial charge in [-0.1, -0.05) is 0 Å². The number of amides is 1. The van der Waals surface area contributed by atoms with Gasteiger partial charge in [-0.05, 0) is 60.2 Å². The molecule has 0 spiro atoms. The molecule has 6 heteroatoms. The zero-order chi connectivity index (χ0) is 12.3. The largest absolute Gasteiger partial charge is 0.348 e. The number of halogens is 3. The number of carbonyl (C=O) groups excluding carboxylic acids is 1. The monoisotopic (exact) mass is 384 g/mol. The Morgan fingerprint density at radius 3 is 2.89 bits per heavy atom. The summed E-state index contributed by atoms with van der Waals surface area (Å²) in [6.07, 6.45) is 2.07. The third-order valence-corrected chi connectivity index (χ3v) is 3.70. The van der Waals surface area contributed by atoms with Gasteiger partial charge in [-0.25, -0.2) is 4.39 Å². The molecule has 1 amide bonds. The summed E-state index contributed by atoms with van der Waals surface area (Å²) in [4.78, 5) is 12.0. The zero-order valence-corrected chi connectivity index (χ0v) is 12.7. The fraction of sp³-hybridized carbons (Fsp3) is 0.417. The van der Waals surface area contributed by atoms with Gasteiger partial charge in [-0.2, -0.15) is 0 Å². The van der Waals surface area contributed by atoms with Crippen LogP contribution in [0.15, 0.2) is 18.2 Å². The van der Waals surface area contributed by atoms with E-state index in [0.717, 1.165) is 25.9 Å². The smallest absolute Gasteiger partial charge is 0.252 e. The quantitative estimate of drug-likeness (QED) is 0.769. The maximum atomic E-state index is 12.9. The molecule has 1 aliphatic rings. The maximum absolute atomic E-state index is 12.9. The van der Waals surface area contributed by atoms with Crippen molar-refractivity contribution in [3.05, 3.63) is 33.1 Å². The Balaban J connectivity index is 0.00000162. The van der Waals surface area contributed by atoms with E-state index in [4.69, 9.17) is 0 Å². The van der Waals surface area contributed by atoms with Gasteiger partial charge in [-0.15, -0.1) is 12.4 Å². The van der Waals surface area contributed by atoms with E-state index in [2.05, 4.69) is 10.6 Å². The van der Waals surface area contributed by atoms with Crippen molar-refractivity contribution in [3.8, 4) is 0 Å². The highest BCUT2D eigenvalue weighted by Gasteiger charge is 2.17. The van der Waals surface area contributed by atoms with E-state index in [1.807, 2.05) is 22.6 Å². The van der Waals surface area contributed by atoms with Crippen molar-refractivity contribution in [1.82, 2.24) is 10.6 Å². The lowest BCUT2D eigenvalue weighted by Gasteiger charge is -2.24. The lowest BCUT2D eigenvalue weighted by Crippen LogP contribution is -2.45. The Kier molecular flexibility index (Phi) is 6.31. The third kappa shape index (κ3) is 4.07. The summed E-state index contributed by atoms with van der Waals surface area (Å²) >= 11 is 1.98. The van der Waals surface area contributed by atoms with Crippen LogP contribution in [0.2, 0.25) is 0 Å². The van der Waals surface area contributed by atoms with E-state index >= 15 is 0 Å². The van der Waals surface area contributed by atoms with E-state index in [9.17, 15) is 9.18 Å². The fourth-order valence-corrected chi connectivity index (χ4v) is 2.63. The Morgan fingerprint density at radius 1 is 1.50 bits per heavy atom.